The fourth-order valence-electron chi connectivity index (χ4n) is 1.12. The van der Waals surface area contributed by atoms with Gasteiger partial charge in [-0.1, -0.05) is 11.6 Å². The molecular formula is C8H6ClN3O2. The molecule has 0 saturated carbocycles. The van der Waals surface area contributed by atoms with Crippen molar-refractivity contribution in [2.45, 2.75) is 0 Å². The van der Waals surface area contributed by atoms with Gasteiger partial charge in [0.1, 0.15) is 0 Å². The molecule has 0 fully saturated rings. The lowest BCUT2D eigenvalue weighted by atomic mass is 10.2. The van der Waals surface area contributed by atoms with Gasteiger partial charge in [-0.15, -0.1) is 0 Å². The molecule has 1 N–H and O–H groups in total. The summed E-state index contributed by atoms with van der Waals surface area (Å²) in [5.41, 5.74) is 0.783. The van der Waals surface area contributed by atoms with Crippen LogP contribution in [-0.4, -0.2) is 28.3 Å². The fraction of sp³-hybridized carbons (Fsp3) is 0.125. The molecular weight excluding hydrogens is 206 g/mol. The Labute approximate surface area is 84.0 Å². The second-order valence-electron chi connectivity index (χ2n) is 2.61. The minimum absolute atomic E-state index is 0.239. The number of halogens is 1. The van der Waals surface area contributed by atoms with E-state index >= 15 is 0 Å². The smallest absolute Gasteiger partial charge is 0.340 e. The third-order valence-corrected chi connectivity index (χ3v) is 2.23. The van der Waals surface area contributed by atoms with Crippen LogP contribution in [0.4, 0.5) is 0 Å². The molecule has 14 heavy (non-hydrogen) atoms. The van der Waals surface area contributed by atoms with Crippen molar-refractivity contribution in [1.82, 2.24) is 15.2 Å². The highest BCUT2D eigenvalue weighted by Crippen LogP contribution is 2.24. The summed E-state index contributed by atoms with van der Waals surface area (Å²) >= 11 is 5.96. The molecule has 0 saturated heterocycles. The summed E-state index contributed by atoms with van der Waals surface area (Å²) < 4.78 is 4.55. The lowest BCUT2D eigenvalue weighted by molar-refractivity contribution is 0.0600. The molecule has 2 rings (SSSR count). The number of esters is 1. The maximum Gasteiger partial charge on any atom is 0.340 e. The van der Waals surface area contributed by atoms with Crippen LogP contribution in [0, 0.1) is 0 Å². The van der Waals surface area contributed by atoms with Crippen LogP contribution >= 0.6 is 11.6 Å². The Morgan fingerprint density at radius 2 is 2.36 bits per heavy atom. The number of rotatable bonds is 1. The van der Waals surface area contributed by atoms with E-state index in [0.29, 0.717) is 16.1 Å². The summed E-state index contributed by atoms with van der Waals surface area (Å²) in [5, 5.41) is 7.32. The van der Waals surface area contributed by atoms with E-state index in [2.05, 4.69) is 19.9 Å². The molecule has 0 aliphatic heterocycles. The van der Waals surface area contributed by atoms with Gasteiger partial charge in [0.05, 0.1) is 29.3 Å². The number of ether oxygens (including phenoxy) is 1. The van der Waals surface area contributed by atoms with Crippen LogP contribution in [0.1, 0.15) is 10.4 Å². The van der Waals surface area contributed by atoms with Gasteiger partial charge in [0.25, 0.3) is 0 Å². The molecule has 0 aromatic carbocycles. The van der Waals surface area contributed by atoms with Gasteiger partial charge in [0, 0.05) is 6.20 Å². The van der Waals surface area contributed by atoms with Gasteiger partial charge in [0.2, 0.25) is 0 Å². The zero-order valence-electron chi connectivity index (χ0n) is 7.24. The molecule has 0 spiro atoms. The Kier molecular flexibility index (Phi) is 2.09. The average Bonchev–Trinajstić information content (AvgIpc) is 2.66. The van der Waals surface area contributed by atoms with Crippen molar-refractivity contribution in [2.75, 3.05) is 7.11 Å². The molecule has 2 aromatic rings. The van der Waals surface area contributed by atoms with E-state index in [1.165, 1.54) is 19.5 Å². The van der Waals surface area contributed by atoms with E-state index in [1.807, 2.05) is 0 Å². The standard InChI is InChI=1S/C8H6ClN3O2/c1-14-8(13)5-2-10-7-4(6(5)9)3-11-12-7/h2-3H,1H3,(H,10,11,12). The van der Waals surface area contributed by atoms with E-state index in [1.54, 1.807) is 0 Å². The molecule has 0 unspecified atom stereocenters. The third kappa shape index (κ3) is 1.22. The number of carbonyl (C=O) groups is 1. The van der Waals surface area contributed by atoms with Crippen molar-refractivity contribution < 1.29 is 9.53 Å². The summed E-state index contributed by atoms with van der Waals surface area (Å²) in [6.07, 6.45) is 2.87. The number of carbonyl (C=O) groups excluding carboxylic acids is 1. The predicted octanol–water partition coefficient (Wildman–Crippen LogP) is 1.40. The Balaban J connectivity index is 2.67. The van der Waals surface area contributed by atoms with Crippen molar-refractivity contribution in [2.24, 2.45) is 0 Å². The minimum atomic E-state index is -0.509. The Morgan fingerprint density at radius 3 is 3.07 bits per heavy atom. The minimum Gasteiger partial charge on any atom is -0.465 e. The molecule has 0 aliphatic rings. The number of hydrogen-bond donors (Lipinski definition) is 1. The van der Waals surface area contributed by atoms with Gasteiger partial charge in [-0.2, -0.15) is 5.10 Å². The first-order chi connectivity index (χ1) is 6.74. The first kappa shape index (κ1) is 8.96. The van der Waals surface area contributed by atoms with Crippen LogP contribution in [0.15, 0.2) is 12.4 Å². The van der Waals surface area contributed by atoms with E-state index in [4.69, 9.17) is 11.6 Å². The average molecular weight is 212 g/mol. The molecule has 0 amide bonds. The van der Waals surface area contributed by atoms with Gasteiger partial charge < -0.3 is 4.74 Å². The number of fused-ring (bicyclic) bond motifs is 1. The van der Waals surface area contributed by atoms with Crippen LogP contribution in [0.25, 0.3) is 11.0 Å². The quantitative estimate of drug-likeness (QED) is 0.724. The SMILES string of the molecule is COC(=O)c1cnc2[nH]ncc2c1Cl. The number of hydrogen-bond acceptors (Lipinski definition) is 4. The lowest BCUT2D eigenvalue weighted by Crippen LogP contribution is -2.02. The second kappa shape index (κ2) is 3.26. The molecule has 0 radical (unpaired) electrons. The summed E-state index contributed by atoms with van der Waals surface area (Å²) in [5.74, 6) is -0.509. The first-order valence-electron chi connectivity index (χ1n) is 3.80. The van der Waals surface area contributed by atoms with Gasteiger partial charge in [-0.25, -0.2) is 9.78 Å². The number of aromatic nitrogens is 3. The highest BCUT2D eigenvalue weighted by molar-refractivity contribution is 6.38. The van der Waals surface area contributed by atoms with Crippen LogP contribution in [0.5, 0.6) is 0 Å². The maximum absolute atomic E-state index is 11.2. The van der Waals surface area contributed by atoms with Gasteiger partial charge in [0.15, 0.2) is 5.65 Å². The third-order valence-electron chi connectivity index (χ3n) is 1.82. The lowest BCUT2D eigenvalue weighted by Gasteiger charge is -2.01. The Morgan fingerprint density at radius 1 is 1.57 bits per heavy atom. The molecule has 0 bridgehead atoms. The topological polar surface area (TPSA) is 67.9 Å². The molecule has 0 aliphatic carbocycles. The number of pyridine rings is 1. The van der Waals surface area contributed by atoms with E-state index in [9.17, 15) is 4.79 Å². The summed E-state index contributed by atoms with van der Waals surface area (Å²) in [4.78, 5) is 15.2. The number of nitrogens with one attached hydrogen (secondary N) is 1. The van der Waals surface area contributed by atoms with Gasteiger partial charge in [-0.05, 0) is 0 Å². The monoisotopic (exact) mass is 211 g/mol. The van der Waals surface area contributed by atoms with Crippen molar-refractivity contribution in [1.29, 1.82) is 0 Å². The van der Waals surface area contributed by atoms with Crippen LogP contribution in [0.2, 0.25) is 5.02 Å². The molecule has 2 aromatic heterocycles. The summed E-state index contributed by atoms with van der Waals surface area (Å²) in [7, 11) is 1.29. The van der Waals surface area contributed by atoms with Crippen LogP contribution in [0.3, 0.4) is 0 Å². The van der Waals surface area contributed by atoms with Crippen molar-refractivity contribution in [3.05, 3.63) is 23.0 Å². The first-order valence-corrected chi connectivity index (χ1v) is 4.17. The highest BCUT2D eigenvalue weighted by atomic mass is 35.5. The Bertz CT molecular complexity index is 494. The van der Waals surface area contributed by atoms with E-state index in [0.717, 1.165) is 0 Å². The van der Waals surface area contributed by atoms with Crippen molar-refractivity contribution >= 4 is 28.6 Å². The Hall–Kier alpha value is -1.62. The van der Waals surface area contributed by atoms with Crippen LogP contribution in [-0.2, 0) is 4.74 Å². The number of aromatic amines is 1. The summed E-state index contributed by atoms with van der Waals surface area (Å²) in [6.45, 7) is 0. The highest BCUT2D eigenvalue weighted by Gasteiger charge is 2.14. The predicted molar refractivity (Wildman–Crippen MR) is 50.2 cm³/mol. The molecule has 2 heterocycles. The fourth-order valence-corrected chi connectivity index (χ4v) is 1.39. The largest absolute Gasteiger partial charge is 0.465 e. The van der Waals surface area contributed by atoms with Gasteiger partial charge in [-0.3, -0.25) is 5.10 Å². The molecule has 0 atom stereocenters. The maximum atomic E-state index is 11.2. The number of H-pyrrole nitrogens is 1. The normalized spacial score (nSPS) is 10.4. The molecule has 72 valence electrons. The zero-order valence-corrected chi connectivity index (χ0v) is 8.00. The molecule has 6 heteroatoms. The second-order valence-corrected chi connectivity index (χ2v) is 2.99. The number of methoxy groups -OCH3 is 1. The van der Waals surface area contributed by atoms with E-state index < -0.39 is 5.97 Å². The van der Waals surface area contributed by atoms with Crippen LogP contribution < -0.4 is 0 Å². The van der Waals surface area contributed by atoms with Crippen molar-refractivity contribution in [3.8, 4) is 0 Å². The van der Waals surface area contributed by atoms with E-state index in [-0.39, 0.29) is 5.56 Å². The molecule has 5 nitrogen and oxygen atoms in total. The van der Waals surface area contributed by atoms with Crippen molar-refractivity contribution in [3.63, 3.8) is 0 Å². The zero-order chi connectivity index (χ0) is 10.1. The number of nitrogens with zero attached hydrogens (tertiary/aromatic N) is 2. The summed E-state index contributed by atoms with van der Waals surface area (Å²) in [6, 6.07) is 0. The van der Waals surface area contributed by atoms with Gasteiger partial charge >= 0.3 is 5.97 Å².